The predicted octanol–water partition coefficient (Wildman–Crippen LogP) is 2.75. The molecule has 1 saturated heterocycles. The highest BCUT2D eigenvalue weighted by molar-refractivity contribution is 9.10. The van der Waals surface area contributed by atoms with Gasteiger partial charge in [0.1, 0.15) is 0 Å². The third-order valence-electron chi connectivity index (χ3n) is 2.48. The molecule has 13 heavy (non-hydrogen) atoms. The van der Waals surface area contributed by atoms with E-state index in [2.05, 4.69) is 31.9 Å². The standard InChI is InChI=1S/C10H13BrN2/c1-8-10(11)6-9(7-12-8)13-4-2-3-5-13/h6-7H,2-5H2,1H3. The highest BCUT2D eigenvalue weighted by atomic mass is 79.9. The molecule has 0 atom stereocenters. The van der Waals surface area contributed by atoms with Gasteiger partial charge in [0.25, 0.3) is 0 Å². The average molecular weight is 241 g/mol. The van der Waals surface area contributed by atoms with Gasteiger partial charge in [0.2, 0.25) is 0 Å². The summed E-state index contributed by atoms with van der Waals surface area (Å²) in [5.74, 6) is 0. The number of hydrogen-bond donors (Lipinski definition) is 0. The Labute approximate surface area is 87.1 Å². The van der Waals surface area contributed by atoms with Crippen molar-refractivity contribution >= 4 is 21.6 Å². The summed E-state index contributed by atoms with van der Waals surface area (Å²) in [5.41, 5.74) is 2.30. The van der Waals surface area contributed by atoms with Gasteiger partial charge in [-0.25, -0.2) is 0 Å². The molecule has 0 spiro atoms. The molecule has 1 aromatic heterocycles. The fraction of sp³-hybridized carbons (Fsp3) is 0.500. The van der Waals surface area contributed by atoms with Gasteiger partial charge in [-0.2, -0.15) is 0 Å². The van der Waals surface area contributed by atoms with Crippen LogP contribution in [0.25, 0.3) is 0 Å². The first kappa shape index (κ1) is 9.00. The lowest BCUT2D eigenvalue weighted by Gasteiger charge is -2.17. The van der Waals surface area contributed by atoms with Crippen LogP contribution in [0.15, 0.2) is 16.7 Å². The normalized spacial score (nSPS) is 16.6. The van der Waals surface area contributed by atoms with Gasteiger partial charge in [0.15, 0.2) is 0 Å². The van der Waals surface area contributed by atoms with Crippen molar-refractivity contribution in [3.05, 3.63) is 22.4 Å². The smallest absolute Gasteiger partial charge is 0.0564 e. The predicted molar refractivity (Wildman–Crippen MR) is 58.1 cm³/mol. The molecular formula is C10H13BrN2. The van der Waals surface area contributed by atoms with E-state index in [0.29, 0.717) is 0 Å². The molecule has 0 unspecified atom stereocenters. The van der Waals surface area contributed by atoms with E-state index >= 15 is 0 Å². The zero-order chi connectivity index (χ0) is 9.26. The summed E-state index contributed by atoms with van der Waals surface area (Å²) in [6.07, 6.45) is 4.59. The van der Waals surface area contributed by atoms with Crippen LogP contribution in [0.2, 0.25) is 0 Å². The highest BCUT2D eigenvalue weighted by Gasteiger charge is 2.12. The average Bonchev–Trinajstić information content (AvgIpc) is 2.62. The zero-order valence-electron chi connectivity index (χ0n) is 7.76. The molecule has 1 fully saturated rings. The number of halogens is 1. The van der Waals surface area contributed by atoms with Gasteiger partial charge < -0.3 is 4.90 Å². The van der Waals surface area contributed by atoms with Crippen LogP contribution in [0.4, 0.5) is 5.69 Å². The van der Waals surface area contributed by atoms with Crippen molar-refractivity contribution in [3.8, 4) is 0 Å². The molecule has 3 heteroatoms. The molecule has 1 aliphatic heterocycles. The van der Waals surface area contributed by atoms with Crippen molar-refractivity contribution in [2.45, 2.75) is 19.8 Å². The van der Waals surface area contributed by atoms with E-state index < -0.39 is 0 Å². The summed E-state index contributed by atoms with van der Waals surface area (Å²) in [5, 5.41) is 0. The van der Waals surface area contributed by atoms with E-state index in [1.165, 1.54) is 31.6 Å². The number of aromatic nitrogens is 1. The van der Waals surface area contributed by atoms with Gasteiger partial charge in [0.05, 0.1) is 17.6 Å². The Bertz CT molecular complexity index is 306. The van der Waals surface area contributed by atoms with E-state index in [1.54, 1.807) is 0 Å². The van der Waals surface area contributed by atoms with Gasteiger partial charge in [-0.05, 0) is 41.8 Å². The Hall–Kier alpha value is -0.570. The van der Waals surface area contributed by atoms with Crippen LogP contribution >= 0.6 is 15.9 Å². The molecule has 0 bridgehead atoms. The van der Waals surface area contributed by atoms with Crippen molar-refractivity contribution in [3.63, 3.8) is 0 Å². The van der Waals surface area contributed by atoms with Crippen molar-refractivity contribution in [1.29, 1.82) is 0 Å². The summed E-state index contributed by atoms with van der Waals surface area (Å²) in [4.78, 5) is 6.72. The fourth-order valence-electron chi connectivity index (χ4n) is 1.64. The first-order valence-corrected chi connectivity index (χ1v) is 5.44. The fourth-order valence-corrected chi connectivity index (χ4v) is 1.98. The van der Waals surface area contributed by atoms with Gasteiger partial charge in [-0.3, -0.25) is 4.98 Å². The number of pyridine rings is 1. The molecule has 0 aromatic carbocycles. The maximum atomic E-state index is 4.33. The second-order valence-electron chi connectivity index (χ2n) is 3.45. The van der Waals surface area contributed by atoms with Crippen molar-refractivity contribution in [2.24, 2.45) is 0 Å². The number of rotatable bonds is 1. The van der Waals surface area contributed by atoms with Crippen molar-refractivity contribution in [2.75, 3.05) is 18.0 Å². The molecule has 1 aromatic rings. The van der Waals surface area contributed by atoms with Gasteiger partial charge in [0, 0.05) is 17.6 Å². The zero-order valence-corrected chi connectivity index (χ0v) is 9.34. The number of nitrogens with zero attached hydrogens (tertiary/aromatic N) is 2. The van der Waals surface area contributed by atoms with Gasteiger partial charge >= 0.3 is 0 Å². The summed E-state index contributed by atoms with van der Waals surface area (Å²) >= 11 is 3.50. The quantitative estimate of drug-likeness (QED) is 0.751. The van der Waals surface area contributed by atoms with E-state index in [4.69, 9.17) is 0 Å². The molecule has 0 radical (unpaired) electrons. The molecule has 2 nitrogen and oxygen atoms in total. The Morgan fingerprint density at radius 1 is 1.38 bits per heavy atom. The number of hydrogen-bond acceptors (Lipinski definition) is 2. The Balaban J connectivity index is 2.25. The first-order chi connectivity index (χ1) is 6.27. The topological polar surface area (TPSA) is 16.1 Å². The molecule has 70 valence electrons. The molecule has 2 rings (SSSR count). The van der Waals surface area contributed by atoms with Crippen molar-refractivity contribution in [1.82, 2.24) is 4.98 Å². The van der Waals surface area contributed by atoms with Crippen LogP contribution in [-0.4, -0.2) is 18.1 Å². The lowest BCUT2D eigenvalue weighted by atomic mass is 10.3. The molecular weight excluding hydrogens is 228 g/mol. The van der Waals surface area contributed by atoms with Crippen LogP contribution in [0.1, 0.15) is 18.5 Å². The van der Waals surface area contributed by atoms with Gasteiger partial charge in [-0.1, -0.05) is 0 Å². The second kappa shape index (κ2) is 3.66. The largest absolute Gasteiger partial charge is 0.370 e. The van der Waals surface area contributed by atoms with Crippen LogP contribution < -0.4 is 4.90 Å². The Kier molecular flexibility index (Phi) is 2.54. The van der Waals surface area contributed by atoms with Crippen LogP contribution in [0.3, 0.4) is 0 Å². The summed E-state index contributed by atoms with van der Waals surface area (Å²) < 4.78 is 1.11. The molecule has 0 aliphatic carbocycles. The highest BCUT2D eigenvalue weighted by Crippen LogP contribution is 2.24. The minimum Gasteiger partial charge on any atom is -0.370 e. The summed E-state index contributed by atoms with van der Waals surface area (Å²) in [6, 6.07) is 2.16. The molecule has 0 N–H and O–H groups in total. The lowest BCUT2D eigenvalue weighted by molar-refractivity contribution is 0.949. The Morgan fingerprint density at radius 3 is 2.69 bits per heavy atom. The number of anilines is 1. The Morgan fingerprint density at radius 2 is 2.08 bits per heavy atom. The minimum atomic E-state index is 1.06. The maximum Gasteiger partial charge on any atom is 0.0564 e. The van der Waals surface area contributed by atoms with Crippen LogP contribution in [0.5, 0.6) is 0 Å². The molecule has 0 saturated carbocycles. The third kappa shape index (κ3) is 1.85. The van der Waals surface area contributed by atoms with Crippen molar-refractivity contribution < 1.29 is 0 Å². The molecule has 1 aliphatic rings. The van der Waals surface area contributed by atoms with E-state index in [-0.39, 0.29) is 0 Å². The lowest BCUT2D eigenvalue weighted by Crippen LogP contribution is -2.17. The third-order valence-corrected chi connectivity index (χ3v) is 3.28. The molecule has 2 heterocycles. The first-order valence-electron chi connectivity index (χ1n) is 4.64. The van der Waals surface area contributed by atoms with Crippen LogP contribution in [0, 0.1) is 6.92 Å². The second-order valence-corrected chi connectivity index (χ2v) is 4.31. The van der Waals surface area contributed by atoms with Crippen LogP contribution in [-0.2, 0) is 0 Å². The molecule has 0 amide bonds. The number of aryl methyl sites for hydroxylation is 1. The summed E-state index contributed by atoms with van der Waals surface area (Å²) in [7, 11) is 0. The van der Waals surface area contributed by atoms with Gasteiger partial charge in [-0.15, -0.1) is 0 Å². The van der Waals surface area contributed by atoms with E-state index in [1.807, 2.05) is 13.1 Å². The summed E-state index contributed by atoms with van der Waals surface area (Å²) in [6.45, 7) is 4.37. The van der Waals surface area contributed by atoms with E-state index in [0.717, 1.165) is 10.2 Å². The SMILES string of the molecule is Cc1ncc(N2CCCC2)cc1Br. The maximum absolute atomic E-state index is 4.33. The minimum absolute atomic E-state index is 1.06. The van der Waals surface area contributed by atoms with E-state index in [9.17, 15) is 0 Å². The monoisotopic (exact) mass is 240 g/mol.